The molecule has 0 radical (unpaired) electrons. The molecule has 0 aromatic carbocycles. The van der Waals surface area contributed by atoms with Gasteiger partial charge in [-0.05, 0) is 59.9 Å². The first kappa shape index (κ1) is 15.1. The average Bonchev–Trinajstić information content (AvgIpc) is 2.31. The van der Waals surface area contributed by atoms with Gasteiger partial charge in [0.05, 0.1) is 18.0 Å². The minimum absolute atomic E-state index is 0.324. The fourth-order valence-electron chi connectivity index (χ4n) is 2.43. The highest BCUT2D eigenvalue weighted by molar-refractivity contribution is 14.1. The molecule has 106 valence electrons. The summed E-state index contributed by atoms with van der Waals surface area (Å²) in [5, 5.41) is 10.7. The van der Waals surface area contributed by atoms with E-state index in [2.05, 4.69) is 27.6 Å². The lowest BCUT2D eigenvalue weighted by Gasteiger charge is -2.36. The molecular formula is C12H16INO4S. The predicted molar refractivity (Wildman–Crippen MR) is 79.0 cm³/mol. The average molecular weight is 397 g/mol. The van der Waals surface area contributed by atoms with E-state index in [4.69, 9.17) is 4.18 Å². The monoisotopic (exact) mass is 397 g/mol. The van der Waals surface area contributed by atoms with Gasteiger partial charge < -0.3 is 5.11 Å². The Morgan fingerprint density at radius 1 is 1.47 bits per heavy atom. The van der Waals surface area contributed by atoms with Crippen LogP contribution in [-0.4, -0.2) is 30.9 Å². The fourth-order valence-corrected chi connectivity index (χ4v) is 3.96. The number of pyridine rings is 1. The number of aromatic nitrogens is 1. The van der Waals surface area contributed by atoms with Crippen molar-refractivity contribution in [2.45, 2.75) is 37.4 Å². The van der Waals surface area contributed by atoms with Gasteiger partial charge in [0.15, 0.2) is 0 Å². The van der Waals surface area contributed by atoms with Gasteiger partial charge >= 0.3 is 0 Å². The Hall–Kier alpha value is -0.250. The molecule has 1 fully saturated rings. The van der Waals surface area contributed by atoms with Gasteiger partial charge in [-0.3, -0.25) is 9.17 Å². The lowest BCUT2D eigenvalue weighted by Crippen LogP contribution is -2.35. The third-order valence-electron chi connectivity index (χ3n) is 3.34. The number of nitrogens with zero attached hydrogens (tertiary/aromatic N) is 1. The molecular weight excluding hydrogens is 381 g/mol. The van der Waals surface area contributed by atoms with E-state index < -0.39 is 15.7 Å². The normalized spacial score (nSPS) is 28.3. The van der Waals surface area contributed by atoms with Crippen LogP contribution in [-0.2, 0) is 19.9 Å². The minimum Gasteiger partial charge on any atom is -0.385 e. The van der Waals surface area contributed by atoms with E-state index in [1.54, 1.807) is 12.4 Å². The molecule has 1 aliphatic carbocycles. The molecule has 1 N–H and O–H groups in total. The van der Waals surface area contributed by atoms with Crippen LogP contribution in [0.1, 0.15) is 31.2 Å². The maximum absolute atomic E-state index is 11.1. The second kappa shape index (κ2) is 5.63. The molecule has 5 nitrogen and oxygen atoms in total. The van der Waals surface area contributed by atoms with Crippen LogP contribution in [0, 0.1) is 3.57 Å². The Morgan fingerprint density at radius 3 is 2.63 bits per heavy atom. The number of rotatable bonds is 3. The first-order valence-corrected chi connectivity index (χ1v) is 8.90. The van der Waals surface area contributed by atoms with Crippen LogP contribution in [0.2, 0.25) is 0 Å². The SMILES string of the molecule is CS(=O)(=O)OC1CCC(O)(c2ccncc2I)CC1. The molecule has 0 unspecified atom stereocenters. The number of hydrogen-bond donors (Lipinski definition) is 1. The molecule has 1 aromatic heterocycles. The van der Waals surface area contributed by atoms with E-state index in [1.165, 1.54) is 0 Å². The zero-order chi connectivity index (χ0) is 14.1. The predicted octanol–water partition coefficient (Wildman–Crippen LogP) is 1.79. The molecule has 0 amide bonds. The van der Waals surface area contributed by atoms with E-state index in [0.29, 0.717) is 25.7 Å². The molecule has 0 atom stereocenters. The van der Waals surface area contributed by atoms with Crippen molar-refractivity contribution in [2.24, 2.45) is 0 Å². The van der Waals surface area contributed by atoms with Gasteiger partial charge in [-0.25, -0.2) is 0 Å². The summed E-state index contributed by atoms with van der Waals surface area (Å²) in [4.78, 5) is 4.01. The maximum Gasteiger partial charge on any atom is 0.264 e. The van der Waals surface area contributed by atoms with Crippen LogP contribution in [0.5, 0.6) is 0 Å². The number of halogens is 1. The molecule has 0 saturated heterocycles. The van der Waals surface area contributed by atoms with E-state index in [-0.39, 0.29) is 6.10 Å². The third-order valence-corrected chi connectivity index (χ3v) is 4.83. The summed E-state index contributed by atoms with van der Waals surface area (Å²) in [5.41, 5.74) is -0.0440. The first-order valence-electron chi connectivity index (χ1n) is 6.01. The Balaban J connectivity index is 2.08. The standard InChI is InChI=1S/C12H16INO4S/c1-19(16,17)18-9-2-5-12(15,6-3-9)10-4-7-14-8-11(10)13/h4,7-9,15H,2-3,5-6H2,1H3. The Bertz CT molecular complexity index is 553. The Kier molecular flexibility index (Phi) is 4.49. The second-order valence-electron chi connectivity index (χ2n) is 4.89. The van der Waals surface area contributed by atoms with Crippen molar-refractivity contribution in [3.05, 3.63) is 27.6 Å². The topological polar surface area (TPSA) is 76.5 Å². The first-order chi connectivity index (χ1) is 8.80. The van der Waals surface area contributed by atoms with Crippen LogP contribution < -0.4 is 0 Å². The lowest BCUT2D eigenvalue weighted by molar-refractivity contribution is -0.0296. The van der Waals surface area contributed by atoms with E-state index in [9.17, 15) is 13.5 Å². The summed E-state index contributed by atoms with van der Waals surface area (Å²) in [6, 6.07) is 1.82. The molecule has 1 heterocycles. The lowest BCUT2D eigenvalue weighted by atomic mass is 9.79. The van der Waals surface area contributed by atoms with Crippen molar-refractivity contribution < 1.29 is 17.7 Å². The highest BCUT2D eigenvalue weighted by atomic mass is 127. The quantitative estimate of drug-likeness (QED) is 0.622. The van der Waals surface area contributed by atoms with Crippen molar-refractivity contribution in [3.8, 4) is 0 Å². The summed E-state index contributed by atoms with van der Waals surface area (Å²) in [6.07, 6.45) is 6.15. The molecule has 7 heteroatoms. The maximum atomic E-state index is 11.1. The number of aliphatic hydroxyl groups is 1. The van der Waals surface area contributed by atoms with Gasteiger partial charge in [0.1, 0.15) is 0 Å². The molecule has 1 aliphatic rings. The summed E-state index contributed by atoms with van der Waals surface area (Å²) < 4.78 is 28.1. The highest BCUT2D eigenvalue weighted by Gasteiger charge is 2.37. The molecule has 0 bridgehead atoms. The molecule has 0 aliphatic heterocycles. The zero-order valence-corrected chi connectivity index (χ0v) is 13.5. The summed E-state index contributed by atoms with van der Waals surface area (Å²) in [6.45, 7) is 0. The van der Waals surface area contributed by atoms with Crippen LogP contribution in [0.15, 0.2) is 18.5 Å². The van der Waals surface area contributed by atoms with E-state index >= 15 is 0 Å². The van der Waals surface area contributed by atoms with Gasteiger partial charge in [-0.15, -0.1) is 0 Å². The molecule has 2 rings (SSSR count). The summed E-state index contributed by atoms with van der Waals surface area (Å²) >= 11 is 2.15. The zero-order valence-electron chi connectivity index (χ0n) is 10.5. The van der Waals surface area contributed by atoms with Crippen LogP contribution in [0.4, 0.5) is 0 Å². The van der Waals surface area contributed by atoms with Gasteiger partial charge in [0.2, 0.25) is 0 Å². The molecule has 1 saturated carbocycles. The summed E-state index contributed by atoms with van der Waals surface area (Å²) in [5.74, 6) is 0. The smallest absolute Gasteiger partial charge is 0.264 e. The fraction of sp³-hybridized carbons (Fsp3) is 0.583. The van der Waals surface area contributed by atoms with Crippen molar-refractivity contribution in [1.82, 2.24) is 4.98 Å². The highest BCUT2D eigenvalue weighted by Crippen LogP contribution is 2.39. The van der Waals surface area contributed by atoms with Crippen molar-refractivity contribution in [1.29, 1.82) is 0 Å². The van der Waals surface area contributed by atoms with Crippen molar-refractivity contribution in [3.63, 3.8) is 0 Å². The van der Waals surface area contributed by atoms with E-state index in [0.717, 1.165) is 15.4 Å². The molecule has 19 heavy (non-hydrogen) atoms. The summed E-state index contributed by atoms with van der Waals surface area (Å²) in [7, 11) is -3.43. The van der Waals surface area contributed by atoms with Gasteiger partial charge in [-0.2, -0.15) is 8.42 Å². The van der Waals surface area contributed by atoms with E-state index in [1.807, 2.05) is 6.07 Å². The van der Waals surface area contributed by atoms with Crippen LogP contribution >= 0.6 is 22.6 Å². The van der Waals surface area contributed by atoms with Gasteiger partial charge in [-0.1, -0.05) is 0 Å². The van der Waals surface area contributed by atoms with Crippen LogP contribution in [0.25, 0.3) is 0 Å². The molecule has 0 spiro atoms. The Labute approximate surface area is 126 Å². The second-order valence-corrected chi connectivity index (χ2v) is 7.65. The number of hydrogen-bond acceptors (Lipinski definition) is 5. The van der Waals surface area contributed by atoms with Gasteiger partial charge in [0, 0.05) is 16.0 Å². The van der Waals surface area contributed by atoms with Gasteiger partial charge in [0.25, 0.3) is 10.1 Å². The third kappa shape index (κ3) is 3.87. The van der Waals surface area contributed by atoms with Crippen molar-refractivity contribution in [2.75, 3.05) is 6.26 Å². The molecule has 1 aromatic rings. The Morgan fingerprint density at radius 2 is 2.11 bits per heavy atom. The minimum atomic E-state index is -3.43. The van der Waals surface area contributed by atoms with Crippen molar-refractivity contribution >= 4 is 32.7 Å². The van der Waals surface area contributed by atoms with Crippen LogP contribution in [0.3, 0.4) is 0 Å². The largest absolute Gasteiger partial charge is 0.385 e.